The van der Waals surface area contributed by atoms with Crippen LogP contribution in [0, 0.1) is 0 Å². The molecule has 1 unspecified atom stereocenters. The van der Waals surface area contributed by atoms with Gasteiger partial charge < -0.3 is 10.0 Å². The Balaban J connectivity index is 1.93. The van der Waals surface area contributed by atoms with E-state index in [0.29, 0.717) is 18.7 Å². The van der Waals surface area contributed by atoms with Crippen molar-refractivity contribution >= 4 is 16.8 Å². The van der Waals surface area contributed by atoms with E-state index in [1.165, 1.54) is 0 Å². The lowest BCUT2D eigenvalue weighted by Gasteiger charge is -2.30. The van der Waals surface area contributed by atoms with Gasteiger partial charge in [0.25, 0.3) is 5.91 Å². The average molecular weight is 337 g/mol. The number of fused-ring (bicyclic) bond motifs is 1. The quantitative estimate of drug-likeness (QED) is 0.724. The van der Waals surface area contributed by atoms with Crippen molar-refractivity contribution < 1.29 is 9.90 Å². The predicted octanol–water partition coefficient (Wildman–Crippen LogP) is 3.37. The zero-order valence-corrected chi connectivity index (χ0v) is 14.6. The van der Waals surface area contributed by atoms with E-state index in [1.807, 2.05) is 61.5 Å². The molecule has 2 aromatic carbocycles. The molecule has 0 aliphatic rings. The summed E-state index contributed by atoms with van der Waals surface area (Å²) in [6, 6.07) is 17.3. The monoisotopic (exact) mass is 337 g/mol. The summed E-state index contributed by atoms with van der Waals surface area (Å²) in [6.07, 6.45) is 0.562. The molecule has 0 saturated carbocycles. The third-order valence-electron chi connectivity index (χ3n) is 4.47. The van der Waals surface area contributed by atoms with E-state index in [4.69, 9.17) is 0 Å². The van der Waals surface area contributed by atoms with E-state index < -0.39 is 5.60 Å². The normalized spacial score (nSPS) is 13.6. The lowest BCUT2D eigenvalue weighted by molar-refractivity contribution is 0.0133. The van der Waals surface area contributed by atoms with Crippen LogP contribution < -0.4 is 0 Å². The van der Waals surface area contributed by atoms with Crippen LogP contribution in [0.3, 0.4) is 0 Å². The summed E-state index contributed by atoms with van der Waals surface area (Å²) in [5, 5.41) is 18.4. The molecule has 1 atom stereocenters. The van der Waals surface area contributed by atoms with Crippen LogP contribution in [0.15, 0.2) is 54.6 Å². The standard InChI is InChI=1S/C20H23N3O2/c1-3-20(2,25)14-23(13-15-9-5-4-6-10-15)19(24)18-16-11-7-8-12-17(16)21-22-18/h4-12,25H,3,13-14H2,1-2H3,(H,21,22). The second-order valence-corrected chi connectivity index (χ2v) is 6.62. The number of aromatic nitrogens is 2. The Morgan fingerprint density at radius 1 is 1.16 bits per heavy atom. The largest absolute Gasteiger partial charge is 0.388 e. The summed E-state index contributed by atoms with van der Waals surface area (Å²) in [5.74, 6) is -0.185. The Hall–Kier alpha value is -2.66. The maximum absolute atomic E-state index is 13.2. The van der Waals surface area contributed by atoms with Crippen LogP contribution in [-0.4, -0.2) is 38.3 Å². The molecule has 5 nitrogen and oxygen atoms in total. The van der Waals surface area contributed by atoms with Gasteiger partial charge in [-0.3, -0.25) is 9.89 Å². The van der Waals surface area contributed by atoms with Gasteiger partial charge in [0.1, 0.15) is 0 Å². The fourth-order valence-electron chi connectivity index (χ4n) is 2.80. The van der Waals surface area contributed by atoms with Gasteiger partial charge in [-0.05, 0) is 25.0 Å². The van der Waals surface area contributed by atoms with Crippen LogP contribution in [-0.2, 0) is 6.54 Å². The summed E-state index contributed by atoms with van der Waals surface area (Å²) in [5.41, 5.74) is 1.28. The number of aromatic amines is 1. The molecule has 5 heteroatoms. The molecule has 1 heterocycles. The van der Waals surface area contributed by atoms with E-state index in [2.05, 4.69) is 10.2 Å². The smallest absolute Gasteiger partial charge is 0.275 e. The summed E-state index contributed by atoms with van der Waals surface area (Å²) < 4.78 is 0. The van der Waals surface area contributed by atoms with Gasteiger partial charge >= 0.3 is 0 Å². The second kappa shape index (κ2) is 7.07. The van der Waals surface area contributed by atoms with Crippen LogP contribution >= 0.6 is 0 Å². The minimum absolute atomic E-state index is 0.185. The highest BCUT2D eigenvalue weighted by Gasteiger charge is 2.28. The van der Waals surface area contributed by atoms with E-state index in [1.54, 1.807) is 11.8 Å². The van der Waals surface area contributed by atoms with Crippen LogP contribution in [0.5, 0.6) is 0 Å². The fourth-order valence-corrected chi connectivity index (χ4v) is 2.80. The van der Waals surface area contributed by atoms with Crippen LogP contribution in [0.4, 0.5) is 0 Å². The molecular formula is C20H23N3O2. The average Bonchev–Trinajstić information content (AvgIpc) is 3.05. The lowest BCUT2D eigenvalue weighted by Crippen LogP contribution is -2.43. The summed E-state index contributed by atoms with van der Waals surface area (Å²) >= 11 is 0. The van der Waals surface area contributed by atoms with Crippen molar-refractivity contribution in [2.24, 2.45) is 0 Å². The number of H-pyrrole nitrogens is 1. The molecule has 130 valence electrons. The molecule has 25 heavy (non-hydrogen) atoms. The molecule has 1 aromatic heterocycles. The zero-order chi connectivity index (χ0) is 17.9. The molecule has 0 saturated heterocycles. The molecule has 0 fully saturated rings. The second-order valence-electron chi connectivity index (χ2n) is 6.62. The number of benzene rings is 2. The molecule has 0 aliphatic heterocycles. The predicted molar refractivity (Wildman–Crippen MR) is 98.2 cm³/mol. The van der Waals surface area contributed by atoms with Crippen molar-refractivity contribution in [1.82, 2.24) is 15.1 Å². The van der Waals surface area contributed by atoms with Crippen molar-refractivity contribution in [2.75, 3.05) is 6.54 Å². The Bertz CT molecular complexity index is 856. The number of hydrogen-bond acceptors (Lipinski definition) is 3. The first-order valence-electron chi connectivity index (χ1n) is 8.49. The highest BCUT2D eigenvalue weighted by atomic mass is 16.3. The molecule has 1 amide bonds. The van der Waals surface area contributed by atoms with Crippen molar-refractivity contribution in [1.29, 1.82) is 0 Å². The number of carbonyl (C=O) groups excluding carboxylic acids is 1. The minimum Gasteiger partial charge on any atom is -0.388 e. The van der Waals surface area contributed by atoms with Gasteiger partial charge in [-0.15, -0.1) is 0 Å². The van der Waals surface area contributed by atoms with Crippen molar-refractivity contribution in [3.05, 3.63) is 65.9 Å². The Morgan fingerprint density at radius 2 is 1.84 bits per heavy atom. The SMILES string of the molecule is CCC(C)(O)CN(Cc1ccccc1)C(=O)c1n[nH]c2ccccc12. The number of para-hydroxylation sites is 1. The Kier molecular flexibility index (Phi) is 4.86. The van der Waals surface area contributed by atoms with Gasteiger partial charge in [0.15, 0.2) is 5.69 Å². The van der Waals surface area contributed by atoms with Crippen molar-refractivity contribution in [3.8, 4) is 0 Å². The summed E-state index contributed by atoms with van der Waals surface area (Å²) in [7, 11) is 0. The molecule has 3 aromatic rings. The number of nitrogens with one attached hydrogen (secondary N) is 1. The van der Waals surface area contributed by atoms with Crippen LogP contribution in [0.25, 0.3) is 10.9 Å². The fraction of sp³-hybridized carbons (Fsp3) is 0.300. The first-order chi connectivity index (χ1) is 12.0. The van der Waals surface area contributed by atoms with Gasteiger partial charge in [0, 0.05) is 18.5 Å². The molecule has 0 aliphatic carbocycles. The third-order valence-corrected chi connectivity index (χ3v) is 4.47. The van der Waals surface area contributed by atoms with Gasteiger partial charge in [-0.25, -0.2) is 0 Å². The van der Waals surface area contributed by atoms with Gasteiger partial charge in [-0.1, -0.05) is 55.5 Å². The van der Waals surface area contributed by atoms with Crippen LogP contribution in [0.1, 0.15) is 36.3 Å². The third kappa shape index (κ3) is 3.88. The number of carbonyl (C=O) groups is 1. The Labute approximate surface area is 147 Å². The van der Waals surface area contributed by atoms with Crippen molar-refractivity contribution in [3.63, 3.8) is 0 Å². The van der Waals surface area contributed by atoms with E-state index in [9.17, 15) is 9.90 Å². The number of amides is 1. The highest BCUT2D eigenvalue weighted by Crippen LogP contribution is 2.20. The topological polar surface area (TPSA) is 69.2 Å². The van der Waals surface area contributed by atoms with Gasteiger partial charge in [0.05, 0.1) is 11.1 Å². The maximum atomic E-state index is 13.2. The molecular weight excluding hydrogens is 314 g/mol. The molecule has 0 radical (unpaired) electrons. The van der Waals surface area contributed by atoms with Gasteiger partial charge in [-0.2, -0.15) is 5.10 Å². The van der Waals surface area contributed by atoms with E-state index >= 15 is 0 Å². The first-order valence-corrected chi connectivity index (χ1v) is 8.49. The minimum atomic E-state index is -0.948. The first kappa shape index (κ1) is 17.2. The van der Waals surface area contributed by atoms with Crippen LogP contribution in [0.2, 0.25) is 0 Å². The van der Waals surface area contributed by atoms with Crippen molar-refractivity contribution in [2.45, 2.75) is 32.4 Å². The zero-order valence-electron chi connectivity index (χ0n) is 14.6. The molecule has 0 bridgehead atoms. The van der Waals surface area contributed by atoms with E-state index in [0.717, 1.165) is 16.5 Å². The Morgan fingerprint density at radius 3 is 2.56 bits per heavy atom. The summed E-state index contributed by atoms with van der Waals surface area (Å²) in [4.78, 5) is 14.8. The molecule has 3 rings (SSSR count). The van der Waals surface area contributed by atoms with Gasteiger partial charge in [0.2, 0.25) is 0 Å². The lowest BCUT2D eigenvalue weighted by atomic mass is 10.0. The molecule has 2 N–H and O–H groups in total. The number of rotatable bonds is 6. The number of aliphatic hydroxyl groups is 1. The van der Waals surface area contributed by atoms with E-state index in [-0.39, 0.29) is 12.5 Å². The summed E-state index contributed by atoms with van der Waals surface area (Å²) in [6.45, 7) is 4.34. The number of nitrogens with zero attached hydrogens (tertiary/aromatic N) is 2. The number of hydrogen-bond donors (Lipinski definition) is 2. The molecule has 0 spiro atoms. The highest BCUT2D eigenvalue weighted by molar-refractivity contribution is 6.04. The maximum Gasteiger partial charge on any atom is 0.275 e.